The van der Waals surface area contributed by atoms with Crippen molar-refractivity contribution < 1.29 is 0 Å². The summed E-state index contributed by atoms with van der Waals surface area (Å²) in [5, 5.41) is 0. The number of hydrogen-bond acceptors (Lipinski definition) is 2. The molecule has 1 rings (SSSR count). The second-order valence-electron chi connectivity index (χ2n) is 4.95. The molecule has 1 aromatic rings. The van der Waals surface area contributed by atoms with Gasteiger partial charge in [-0.2, -0.15) is 0 Å². The Hall–Kier alpha value is -1.19. The lowest BCUT2D eigenvalue weighted by Crippen LogP contribution is -2.26. The quantitative estimate of drug-likeness (QED) is 0.852. The summed E-state index contributed by atoms with van der Waals surface area (Å²) in [7, 11) is 0. The van der Waals surface area contributed by atoms with Crippen molar-refractivity contribution in [3.05, 3.63) is 16.0 Å². The molecule has 0 unspecified atom stereocenters. The van der Waals surface area contributed by atoms with Crippen molar-refractivity contribution in [3.8, 4) is 0 Å². The first kappa shape index (κ1) is 12.9. The third-order valence-corrected chi connectivity index (χ3v) is 2.69. The standard InChI is InChI=1S/C12H23N3O/c1-6-14-11(9(4)5)10(13)12(16)15(14)7-8(2)3/h8-9H,6-7,13H2,1-5H3. The van der Waals surface area contributed by atoms with Crippen molar-refractivity contribution in [2.24, 2.45) is 5.92 Å². The first-order valence-electron chi connectivity index (χ1n) is 5.99. The van der Waals surface area contributed by atoms with Gasteiger partial charge < -0.3 is 5.73 Å². The van der Waals surface area contributed by atoms with Crippen LogP contribution in [0.5, 0.6) is 0 Å². The van der Waals surface area contributed by atoms with E-state index < -0.39 is 0 Å². The summed E-state index contributed by atoms with van der Waals surface area (Å²) in [6, 6.07) is 0. The minimum atomic E-state index is -0.0424. The van der Waals surface area contributed by atoms with Gasteiger partial charge in [-0.05, 0) is 18.8 Å². The van der Waals surface area contributed by atoms with E-state index in [4.69, 9.17) is 5.73 Å². The van der Waals surface area contributed by atoms with Gasteiger partial charge in [-0.25, -0.2) is 4.68 Å². The van der Waals surface area contributed by atoms with Gasteiger partial charge in [0.05, 0.1) is 5.69 Å². The second-order valence-corrected chi connectivity index (χ2v) is 4.95. The molecule has 0 fully saturated rings. The maximum Gasteiger partial charge on any atom is 0.290 e. The predicted octanol–water partition coefficient (Wildman–Crippen LogP) is 2.03. The highest BCUT2D eigenvalue weighted by Crippen LogP contribution is 2.20. The van der Waals surface area contributed by atoms with E-state index in [2.05, 4.69) is 27.7 Å². The average molecular weight is 225 g/mol. The van der Waals surface area contributed by atoms with Crippen molar-refractivity contribution in [2.75, 3.05) is 5.73 Å². The Labute approximate surface area is 97.0 Å². The molecule has 0 bridgehead atoms. The van der Waals surface area contributed by atoms with Crippen LogP contribution in [0.2, 0.25) is 0 Å². The van der Waals surface area contributed by atoms with Crippen molar-refractivity contribution in [3.63, 3.8) is 0 Å². The zero-order valence-corrected chi connectivity index (χ0v) is 10.9. The molecule has 0 radical (unpaired) electrons. The molecular weight excluding hydrogens is 202 g/mol. The first-order chi connectivity index (χ1) is 7.40. The van der Waals surface area contributed by atoms with Crippen LogP contribution in [0, 0.1) is 5.92 Å². The molecule has 4 nitrogen and oxygen atoms in total. The van der Waals surface area contributed by atoms with Crippen LogP contribution >= 0.6 is 0 Å². The minimum absolute atomic E-state index is 0.0424. The molecular formula is C12H23N3O. The number of nitrogens with zero attached hydrogens (tertiary/aromatic N) is 2. The Kier molecular flexibility index (Phi) is 3.83. The van der Waals surface area contributed by atoms with Crippen LogP contribution in [0.15, 0.2) is 4.79 Å². The lowest BCUT2D eigenvalue weighted by atomic mass is 10.1. The number of aromatic nitrogens is 2. The maximum atomic E-state index is 12.0. The summed E-state index contributed by atoms with van der Waals surface area (Å²) in [6.45, 7) is 11.9. The third-order valence-electron chi connectivity index (χ3n) is 2.69. The van der Waals surface area contributed by atoms with Gasteiger partial charge in [0.1, 0.15) is 5.69 Å². The zero-order valence-electron chi connectivity index (χ0n) is 10.9. The summed E-state index contributed by atoms with van der Waals surface area (Å²) in [4.78, 5) is 12.0. The Morgan fingerprint density at radius 2 is 1.75 bits per heavy atom. The summed E-state index contributed by atoms with van der Waals surface area (Å²) in [5.74, 6) is 0.721. The number of nitrogen functional groups attached to an aromatic ring is 1. The van der Waals surface area contributed by atoms with Gasteiger partial charge in [0, 0.05) is 13.1 Å². The number of rotatable bonds is 4. The maximum absolute atomic E-state index is 12.0. The Morgan fingerprint density at radius 1 is 1.19 bits per heavy atom. The molecule has 0 aromatic carbocycles. The minimum Gasteiger partial charge on any atom is -0.393 e. The van der Waals surface area contributed by atoms with Crippen LogP contribution in [-0.4, -0.2) is 9.36 Å². The summed E-state index contributed by atoms with van der Waals surface area (Å²) < 4.78 is 3.79. The lowest BCUT2D eigenvalue weighted by molar-refractivity contribution is 0.385. The third kappa shape index (κ3) is 2.15. The molecule has 2 N–H and O–H groups in total. The van der Waals surface area contributed by atoms with Gasteiger partial charge in [-0.3, -0.25) is 9.48 Å². The van der Waals surface area contributed by atoms with Gasteiger partial charge in [0.15, 0.2) is 0 Å². The average Bonchev–Trinajstić information content (AvgIpc) is 2.41. The number of hydrogen-bond donors (Lipinski definition) is 1. The molecule has 0 atom stereocenters. The van der Waals surface area contributed by atoms with Crippen LogP contribution in [0.3, 0.4) is 0 Å². The smallest absolute Gasteiger partial charge is 0.290 e. The molecule has 0 aliphatic carbocycles. The van der Waals surface area contributed by atoms with Crippen LogP contribution in [0.4, 0.5) is 5.69 Å². The zero-order chi connectivity index (χ0) is 12.5. The van der Waals surface area contributed by atoms with Gasteiger partial charge in [0.2, 0.25) is 0 Å². The van der Waals surface area contributed by atoms with Gasteiger partial charge in [-0.1, -0.05) is 27.7 Å². The topological polar surface area (TPSA) is 52.9 Å². The molecule has 0 saturated heterocycles. The van der Waals surface area contributed by atoms with Crippen LogP contribution in [0.25, 0.3) is 0 Å². The molecule has 1 heterocycles. The fourth-order valence-corrected chi connectivity index (χ4v) is 2.10. The molecule has 0 aliphatic rings. The molecule has 0 amide bonds. The first-order valence-corrected chi connectivity index (χ1v) is 5.99. The Bertz CT molecular complexity index is 413. The van der Waals surface area contributed by atoms with E-state index in [1.807, 2.05) is 11.6 Å². The van der Waals surface area contributed by atoms with Crippen molar-refractivity contribution in [1.29, 1.82) is 0 Å². The molecule has 16 heavy (non-hydrogen) atoms. The highest BCUT2D eigenvalue weighted by atomic mass is 16.1. The normalized spacial score (nSPS) is 11.7. The monoisotopic (exact) mass is 225 g/mol. The molecule has 0 saturated carbocycles. The van der Waals surface area contributed by atoms with Crippen molar-refractivity contribution in [2.45, 2.75) is 53.6 Å². The van der Waals surface area contributed by atoms with Crippen molar-refractivity contribution >= 4 is 5.69 Å². The molecule has 4 heteroatoms. The largest absolute Gasteiger partial charge is 0.393 e. The summed E-state index contributed by atoms with van der Waals surface area (Å²) in [5.41, 5.74) is 7.24. The summed E-state index contributed by atoms with van der Waals surface area (Å²) in [6.07, 6.45) is 0. The highest BCUT2D eigenvalue weighted by molar-refractivity contribution is 5.43. The second kappa shape index (κ2) is 4.76. The van der Waals surface area contributed by atoms with Gasteiger partial charge >= 0.3 is 0 Å². The van der Waals surface area contributed by atoms with Crippen LogP contribution < -0.4 is 11.3 Å². The van der Waals surface area contributed by atoms with E-state index in [9.17, 15) is 4.79 Å². The van der Waals surface area contributed by atoms with Crippen LogP contribution in [0.1, 0.15) is 46.2 Å². The van der Waals surface area contributed by atoms with Crippen molar-refractivity contribution in [1.82, 2.24) is 9.36 Å². The Balaban J connectivity index is 3.38. The van der Waals surface area contributed by atoms with E-state index in [1.54, 1.807) is 4.68 Å². The number of nitrogens with two attached hydrogens (primary N) is 1. The van der Waals surface area contributed by atoms with E-state index in [0.717, 1.165) is 18.8 Å². The van der Waals surface area contributed by atoms with E-state index in [-0.39, 0.29) is 11.5 Å². The van der Waals surface area contributed by atoms with E-state index >= 15 is 0 Å². The van der Waals surface area contributed by atoms with E-state index in [1.165, 1.54) is 0 Å². The van der Waals surface area contributed by atoms with E-state index in [0.29, 0.717) is 11.6 Å². The molecule has 92 valence electrons. The fraction of sp³-hybridized carbons (Fsp3) is 0.750. The highest BCUT2D eigenvalue weighted by Gasteiger charge is 2.19. The molecule has 0 aliphatic heterocycles. The van der Waals surface area contributed by atoms with Gasteiger partial charge in [-0.15, -0.1) is 0 Å². The summed E-state index contributed by atoms with van der Waals surface area (Å²) >= 11 is 0. The lowest BCUT2D eigenvalue weighted by Gasteiger charge is -2.16. The van der Waals surface area contributed by atoms with Gasteiger partial charge in [0.25, 0.3) is 5.56 Å². The predicted molar refractivity (Wildman–Crippen MR) is 67.7 cm³/mol. The molecule has 0 spiro atoms. The molecule has 1 aromatic heterocycles. The number of anilines is 1. The Morgan fingerprint density at radius 3 is 2.12 bits per heavy atom. The SMILES string of the molecule is CCn1c(C(C)C)c(N)c(=O)n1CC(C)C. The fourth-order valence-electron chi connectivity index (χ4n) is 2.10. The van der Waals surface area contributed by atoms with Crippen LogP contribution in [-0.2, 0) is 13.1 Å².